The summed E-state index contributed by atoms with van der Waals surface area (Å²) in [6, 6.07) is 17.5. The first-order valence-corrected chi connectivity index (χ1v) is 9.47. The number of nitriles is 1. The molecule has 1 saturated heterocycles. The lowest BCUT2D eigenvalue weighted by Gasteiger charge is -2.31. The van der Waals surface area contributed by atoms with E-state index in [2.05, 4.69) is 40.6 Å². The van der Waals surface area contributed by atoms with Gasteiger partial charge in [0.05, 0.1) is 18.2 Å². The molecule has 140 valence electrons. The summed E-state index contributed by atoms with van der Waals surface area (Å²) in [4.78, 5) is 16.8. The third-order valence-electron chi connectivity index (χ3n) is 4.84. The Bertz CT molecular complexity index is 804. The molecule has 3 rings (SSSR count). The lowest BCUT2D eigenvalue weighted by Crippen LogP contribution is -2.32. The quantitative estimate of drug-likeness (QED) is 0.853. The van der Waals surface area contributed by atoms with Crippen LogP contribution in [0.15, 0.2) is 48.5 Å². The molecule has 5 heteroatoms. The summed E-state index contributed by atoms with van der Waals surface area (Å²) in [6.07, 6.45) is 3.81. The average molecular weight is 362 g/mol. The first-order chi connectivity index (χ1) is 13.2. The molecule has 1 amide bonds. The number of anilines is 2. The maximum absolute atomic E-state index is 12.3. The van der Waals surface area contributed by atoms with Crippen LogP contribution in [0.3, 0.4) is 0 Å². The van der Waals surface area contributed by atoms with Gasteiger partial charge in [-0.25, -0.2) is 0 Å². The summed E-state index contributed by atoms with van der Waals surface area (Å²) in [6.45, 7) is 3.27. The van der Waals surface area contributed by atoms with Crippen LogP contribution in [0.4, 0.5) is 11.4 Å². The van der Waals surface area contributed by atoms with Crippen LogP contribution in [-0.2, 0) is 11.3 Å². The smallest absolute Gasteiger partial charge is 0.238 e. The zero-order valence-electron chi connectivity index (χ0n) is 15.8. The standard InChI is InChI=1S/C22H26N4O/c1-25(17-22(27)24-20-11-9-18(15-23)10-12-20)16-19-7-3-4-8-21(19)26-13-5-2-6-14-26/h3-4,7-12H,2,5-6,13-14,16-17H2,1H3,(H,24,27). The van der Waals surface area contributed by atoms with E-state index in [9.17, 15) is 4.79 Å². The fourth-order valence-electron chi connectivity index (χ4n) is 3.51. The Kier molecular flexibility index (Phi) is 6.45. The van der Waals surface area contributed by atoms with Gasteiger partial charge in [-0.3, -0.25) is 9.69 Å². The van der Waals surface area contributed by atoms with Crippen molar-refractivity contribution in [2.24, 2.45) is 0 Å². The minimum atomic E-state index is -0.0577. The van der Waals surface area contributed by atoms with Gasteiger partial charge in [0.15, 0.2) is 0 Å². The van der Waals surface area contributed by atoms with Crippen LogP contribution >= 0.6 is 0 Å². The molecule has 5 nitrogen and oxygen atoms in total. The summed E-state index contributed by atoms with van der Waals surface area (Å²) in [5.74, 6) is -0.0577. The average Bonchev–Trinajstić information content (AvgIpc) is 2.69. The molecule has 1 aliphatic rings. The Morgan fingerprint density at radius 1 is 1.11 bits per heavy atom. The second kappa shape index (κ2) is 9.20. The lowest BCUT2D eigenvalue weighted by molar-refractivity contribution is -0.117. The Labute approximate surface area is 161 Å². The van der Waals surface area contributed by atoms with Crippen LogP contribution in [0.25, 0.3) is 0 Å². The van der Waals surface area contributed by atoms with E-state index in [-0.39, 0.29) is 5.91 Å². The van der Waals surface area contributed by atoms with Crippen LogP contribution in [0.1, 0.15) is 30.4 Å². The highest BCUT2D eigenvalue weighted by Crippen LogP contribution is 2.25. The summed E-state index contributed by atoms with van der Waals surface area (Å²) in [7, 11) is 1.96. The molecule has 0 aromatic heterocycles. The third-order valence-corrected chi connectivity index (χ3v) is 4.84. The molecule has 1 heterocycles. The number of nitrogens with one attached hydrogen (secondary N) is 1. The molecular weight excluding hydrogens is 336 g/mol. The van der Waals surface area contributed by atoms with E-state index in [0.29, 0.717) is 17.8 Å². The van der Waals surface area contributed by atoms with Crippen LogP contribution < -0.4 is 10.2 Å². The van der Waals surface area contributed by atoms with E-state index in [1.807, 2.05) is 11.9 Å². The molecule has 0 aliphatic carbocycles. The van der Waals surface area contributed by atoms with Gasteiger partial charge in [0, 0.05) is 31.0 Å². The van der Waals surface area contributed by atoms with Crippen molar-refractivity contribution in [1.29, 1.82) is 5.26 Å². The fourth-order valence-corrected chi connectivity index (χ4v) is 3.51. The van der Waals surface area contributed by atoms with E-state index in [1.165, 1.54) is 30.5 Å². The summed E-state index contributed by atoms with van der Waals surface area (Å²) in [5, 5.41) is 11.7. The number of hydrogen-bond acceptors (Lipinski definition) is 4. The number of nitrogens with zero attached hydrogens (tertiary/aromatic N) is 3. The maximum Gasteiger partial charge on any atom is 0.238 e. The molecule has 0 spiro atoms. The molecular formula is C22H26N4O. The number of para-hydroxylation sites is 1. The Balaban J connectivity index is 1.58. The molecule has 0 unspecified atom stereocenters. The van der Waals surface area contributed by atoms with Gasteiger partial charge >= 0.3 is 0 Å². The zero-order valence-corrected chi connectivity index (χ0v) is 15.8. The van der Waals surface area contributed by atoms with Crippen molar-refractivity contribution in [2.75, 3.05) is 36.9 Å². The number of hydrogen-bond donors (Lipinski definition) is 1. The van der Waals surface area contributed by atoms with E-state index >= 15 is 0 Å². The normalized spacial score (nSPS) is 14.0. The summed E-state index contributed by atoms with van der Waals surface area (Å²) < 4.78 is 0. The highest BCUT2D eigenvalue weighted by molar-refractivity contribution is 5.92. The third kappa shape index (κ3) is 5.32. The van der Waals surface area contributed by atoms with E-state index < -0.39 is 0 Å². The van der Waals surface area contributed by atoms with Crippen molar-refractivity contribution in [3.63, 3.8) is 0 Å². The van der Waals surface area contributed by atoms with Crippen molar-refractivity contribution >= 4 is 17.3 Å². The van der Waals surface area contributed by atoms with Gasteiger partial charge in [-0.05, 0) is 62.2 Å². The molecule has 2 aromatic carbocycles. The van der Waals surface area contributed by atoms with E-state index in [1.54, 1.807) is 24.3 Å². The van der Waals surface area contributed by atoms with Crippen LogP contribution in [0.2, 0.25) is 0 Å². The molecule has 1 N–H and O–H groups in total. The Morgan fingerprint density at radius 3 is 2.52 bits per heavy atom. The SMILES string of the molecule is CN(CC(=O)Nc1ccc(C#N)cc1)Cc1ccccc1N1CCCCC1. The number of amides is 1. The minimum absolute atomic E-state index is 0.0577. The van der Waals surface area contributed by atoms with Gasteiger partial charge in [-0.2, -0.15) is 5.26 Å². The first kappa shape index (κ1) is 18.9. The summed E-state index contributed by atoms with van der Waals surface area (Å²) >= 11 is 0. The molecule has 0 radical (unpaired) electrons. The number of piperidine rings is 1. The maximum atomic E-state index is 12.3. The van der Waals surface area contributed by atoms with Crippen LogP contribution in [-0.4, -0.2) is 37.5 Å². The molecule has 1 fully saturated rings. The Morgan fingerprint density at radius 2 is 1.81 bits per heavy atom. The van der Waals surface area contributed by atoms with Gasteiger partial charge in [0.1, 0.15) is 0 Å². The second-order valence-electron chi connectivity index (χ2n) is 7.09. The molecule has 0 saturated carbocycles. The van der Waals surface area contributed by atoms with Gasteiger partial charge in [-0.1, -0.05) is 18.2 Å². The van der Waals surface area contributed by atoms with Crippen LogP contribution in [0.5, 0.6) is 0 Å². The van der Waals surface area contributed by atoms with Gasteiger partial charge in [0.25, 0.3) is 0 Å². The van der Waals surface area contributed by atoms with Crippen molar-refractivity contribution in [3.05, 3.63) is 59.7 Å². The Hall–Kier alpha value is -2.84. The predicted molar refractivity (Wildman–Crippen MR) is 109 cm³/mol. The first-order valence-electron chi connectivity index (χ1n) is 9.47. The number of carbonyl (C=O) groups excluding carboxylic acids is 1. The zero-order chi connectivity index (χ0) is 19.1. The minimum Gasteiger partial charge on any atom is -0.371 e. The monoisotopic (exact) mass is 362 g/mol. The molecule has 0 atom stereocenters. The van der Waals surface area contributed by atoms with Crippen molar-refractivity contribution in [1.82, 2.24) is 4.90 Å². The largest absolute Gasteiger partial charge is 0.371 e. The van der Waals surface area contributed by atoms with Gasteiger partial charge in [-0.15, -0.1) is 0 Å². The topological polar surface area (TPSA) is 59.4 Å². The number of likely N-dealkylation sites (N-methyl/N-ethyl adjacent to an activating group) is 1. The lowest BCUT2D eigenvalue weighted by atomic mass is 10.1. The molecule has 2 aromatic rings. The van der Waals surface area contributed by atoms with Crippen molar-refractivity contribution in [3.8, 4) is 6.07 Å². The highest BCUT2D eigenvalue weighted by atomic mass is 16.2. The van der Waals surface area contributed by atoms with Crippen LogP contribution in [0, 0.1) is 11.3 Å². The molecule has 1 aliphatic heterocycles. The highest BCUT2D eigenvalue weighted by Gasteiger charge is 2.16. The number of carbonyl (C=O) groups is 1. The predicted octanol–water partition coefficient (Wildman–Crippen LogP) is 3.62. The number of benzene rings is 2. The van der Waals surface area contributed by atoms with Crippen molar-refractivity contribution in [2.45, 2.75) is 25.8 Å². The van der Waals surface area contributed by atoms with Crippen molar-refractivity contribution < 1.29 is 4.79 Å². The second-order valence-corrected chi connectivity index (χ2v) is 7.09. The fraction of sp³-hybridized carbons (Fsp3) is 0.364. The van der Waals surface area contributed by atoms with E-state index in [4.69, 9.17) is 5.26 Å². The van der Waals surface area contributed by atoms with Gasteiger partial charge < -0.3 is 10.2 Å². The molecule has 0 bridgehead atoms. The summed E-state index contributed by atoms with van der Waals surface area (Å²) in [5.41, 5.74) is 3.84. The number of rotatable bonds is 6. The van der Waals surface area contributed by atoms with E-state index in [0.717, 1.165) is 19.6 Å². The molecule has 27 heavy (non-hydrogen) atoms. The van der Waals surface area contributed by atoms with Gasteiger partial charge in [0.2, 0.25) is 5.91 Å².